The number of hydrogen-bond acceptors (Lipinski definition) is 3. The minimum atomic E-state index is -4.53. The SMILES string of the molecule is O=C(Nc1cccc(C(F)(F)F)c1)c1ncn2c1[nH]c(=O)c1cc(Br)ccc12. The molecule has 0 aliphatic heterocycles. The van der Waals surface area contributed by atoms with Gasteiger partial charge in [0.1, 0.15) is 6.33 Å². The molecule has 4 rings (SSSR count). The Bertz CT molecular complexity index is 1290. The number of H-pyrrole nitrogens is 1. The maximum absolute atomic E-state index is 12.8. The highest BCUT2D eigenvalue weighted by Gasteiger charge is 2.30. The number of benzene rings is 2. The number of amides is 1. The Morgan fingerprint density at radius 1 is 1.18 bits per heavy atom. The first-order valence-electron chi connectivity index (χ1n) is 7.91. The molecule has 1 amide bonds. The number of nitrogens with zero attached hydrogens (tertiary/aromatic N) is 2. The van der Waals surface area contributed by atoms with Gasteiger partial charge in [-0.2, -0.15) is 13.2 Å². The van der Waals surface area contributed by atoms with Gasteiger partial charge in [0.05, 0.1) is 16.5 Å². The van der Waals surface area contributed by atoms with Crippen molar-refractivity contribution >= 4 is 44.1 Å². The van der Waals surface area contributed by atoms with Crippen LogP contribution in [-0.4, -0.2) is 20.3 Å². The maximum Gasteiger partial charge on any atom is 0.416 e. The van der Waals surface area contributed by atoms with E-state index < -0.39 is 23.2 Å². The molecular formula is C18H10BrF3N4O2. The number of anilines is 1. The van der Waals surface area contributed by atoms with Gasteiger partial charge in [0.25, 0.3) is 11.5 Å². The molecule has 142 valence electrons. The van der Waals surface area contributed by atoms with Gasteiger partial charge >= 0.3 is 6.18 Å². The largest absolute Gasteiger partial charge is 0.416 e. The van der Waals surface area contributed by atoms with E-state index in [4.69, 9.17) is 0 Å². The van der Waals surface area contributed by atoms with Gasteiger partial charge in [0.2, 0.25) is 0 Å². The number of fused-ring (bicyclic) bond motifs is 3. The summed E-state index contributed by atoms with van der Waals surface area (Å²) in [4.78, 5) is 31.5. The van der Waals surface area contributed by atoms with Crippen molar-refractivity contribution in [1.29, 1.82) is 0 Å². The Balaban J connectivity index is 1.76. The molecule has 0 radical (unpaired) electrons. The quantitative estimate of drug-likeness (QED) is 0.480. The van der Waals surface area contributed by atoms with Gasteiger partial charge in [-0.3, -0.25) is 14.0 Å². The zero-order chi connectivity index (χ0) is 20.1. The topological polar surface area (TPSA) is 79.3 Å². The molecule has 28 heavy (non-hydrogen) atoms. The fraction of sp³-hybridized carbons (Fsp3) is 0.0556. The van der Waals surface area contributed by atoms with Crippen molar-refractivity contribution in [2.75, 3.05) is 5.32 Å². The van der Waals surface area contributed by atoms with Crippen molar-refractivity contribution in [1.82, 2.24) is 14.4 Å². The minimum Gasteiger partial charge on any atom is -0.321 e. The van der Waals surface area contributed by atoms with Crippen LogP contribution in [0.25, 0.3) is 16.6 Å². The Morgan fingerprint density at radius 2 is 1.96 bits per heavy atom. The van der Waals surface area contributed by atoms with Crippen LogP contribution in [-0.2, 0) is 6.18 Å². The van der Waals surface area contributed by atoms with E-state index in [0.717, 1.165) is 12.1 Å². The van der Waals surface area contributed by atoms with Gasteiger partial charge < -0.3 is 10.3 Å². The molecule has 0 bridgehead atoms. The normalized spacial score (nSPS) is 11.9. The van der Waals surface area contributed by atoms with Crippen LogP contribution in [0.2, 0.25) is 0 Å². The number of rotatable bonds is 2. The predicted molar refractivity (Wildman–Crippen MR) is 100 cm³/mol. The summed E-state index contributed by atoms with van der Waals surface area (Å²) < 4.78 is 40.8. The van der Waals surface area contributed by atoms with E-state index in [1.807, 2.05) is 0 Å². The predicted octanol–water partition coefficient (Wildman–Crippen LogP) is 4.21. The van der Waals surface area contributed by atoms with E-state index in [1.165, 1.54) is 22.9 Å². The number of halogens is 4. The molecule has 0 fully saturated rings. The molecule has 2 aromatic heterocycles. The van der Waals surface area contributed by atoms with Crippen LogP contribution in [0.5, 0.6) is 0 Å². The standard InChI is InChI=1S/C18H10BrF3N4O2/c19-10-4-5-13-12(7-10)16(27)25-15-14(23-8-26(13)15)17(28)24-11-3-1-2-9(6-11)18(20,21)22/h1-8H,(H,24,28)(H,25,27). The second-order valence-corrected chi connectivity index (χ2v) is 6.88. The lowest BCUT2D eigenvalue weighted by molar-refractivity contribution is -0.137. The van der Waals surface area contributed by atoms with Crippen molar-refractivity contribution in [3.05, 3.63) is 74.9 Å². The summed E-state index contributed by atoms with van der Waals surface area (Å²) >= 11 is 3.29. The highest BCUT2D eigenvalue weighted by Crippen LogP contribution is 2.30. The van der Waals surface area contributed by atoms with Crippen LogP contribution in [0, 0.1) is 0 Å². The van der Waals surface area contributed by atoms with Crippen LogP contribution in [0.4, 0.5) is 18.9 Å². The number of carbonyl (C=O) groups is 1. The minimum absolute atomic E-state index is 0.0342. The molecule has 0 spiro atoms. The molecule has 10 heteroatoms. The number of hydrogen-bond donors (Lipinski definition) is 2. The summed E-state index contributed by atoms with van der Waals surface area (Å²) in [5, 5.41) is 2.77. The van der Waals surface area contributed by atoms with Gasteiger partial charge in [0.15, 0.2) is 11.3 Å². The van der Waals surface area contributed by atoms with Gasteiger partial charge in [-0.15, -0.1) is 0 Å². The molecule has 0 saturated heterocycles. The van der Waals surface area contributed by atoms with E-state index in [9.17, 15) is 22.8 Å². The van der Waals surface area contributed by atoms with Crippen LogP contribution in [0.15, 0.2) is 58.1 Å². The van der Waals surface area contributed by atoms with Gasteiger partial charge in [0, 0.05) is 10.2 Å². The van der Waals surface area contributed by atoms with Crippen molar-refractivity contribution in [3.63, 3.8) is 0 Å². The third-order valence-electron chi connectivity index (χ3n) is 4.13. The highest BCUT2D eigenvalue weighted by molar-refractivity contribution is 9.10. The Labute approximate surface area is 163 Å². The monoisotopic (exact) mass is 450 g/mol. The first-order chi connectivity index (χ1) is 13.2. The molecule has 0 unspecified atom stereocenters. The van der Waals surface area contributed by atoms with Crippen LogP contribution >= 0.6 is 15.9 Å². The number of nitrogens with one attached hydrogen (secondary N) is 2. The van der Waals surface area contributed by atoms with Crippen molar-refractivity contribution < 1.29 is 18.0 Å². The molecule has 4 aromatic rings. The second-order valence-electron chi connectivity index (χ2n) is 5.96. The fourth-order valence-electron chi connectivity index (χ4n) is 2.86. The summed E-state index contributed by atoms with van der Waals surface area (Å²) in [5.41, 5.74) is -0.772. The number of alkyl halides is 3. The Hall–Kier alpha value is -3.14. The first kappa shape index (κ1) is 18.2. The van der Waals surface area contributed by atoms with Gasteiger partial charge in [-0.05, 0) is 36.4 Å². The second kappa shape index (κ2) is 6.48. The highest BCUT2D eigenvalue weighted by atomic mass is 79.9. The smallest absolute Gasteiger partial charge is 0.321 e. The summed E-state index contributed by atoms with van der Waals surface area (Å²) in [6.07, 6.45) is -3.16. The first-order valence-corrected chi connectivity index (χ1v) is 8.70. The molecule has 2 aromatic carbocycles. The molecule has 6 nitrogen and oxygen atoms in total. The average Bonchev–Trinajstić information content (AvgIpc) is 3.05. The summed E-state index contributed by atoms with van der Waals surface area (Å²) in [6, 6.07) is 9.32. The maximum atomic E-state index is 12.8. The lowest BCUT2D eigenvalue weighted by Crippen LogP contribution is -2.16. The third kappa shape index (κ3) is 3.15. The van der Waals surface area contributed by atoms with E-state index in [1.54, 1.807) is 18.2 Å². The number of carbonyl (C=O) groups excluding carboxylic acids is 1. The lowest BCUT2D eigenvalue weighted by atomic mass is 10.2. The molecule has 0 aliphatic rings. The third-order valence-corrected chi connectivity index (χ3v) is 4.62. The zero-order valence-corrected chi connectivity index (χ0v) is 15.4. The molecule has 0 aliphatic carbocycles. The fourth-order valence-corrected chi connectivity index (χ4v) is 3.22. The Morgan fingerprint density at radius 3 is 2.71 bits per heavy atom. The van der Waals surface area contributed by atoms with Gasteiger partial charge in [-0.1, -0.05) is 22.0 Å². The van der Waals surface area contributed by atoms with Crippen LogP contribution < -0.4 is 10.9 Å². The Kier molecular flexibility index (Phi) is 4.22. The van der Waals surface area contributed by atoms with Crippen molar-refractivity contribution in [2.24, 2.45) is 0 Å². The zero-order valence-electron chi connectivity index (χ0n) is 13.8. The van der Waals surface area contributed by atoms with E-state index in [-0.39, 0.29) is 17.0 Å². The molecule has 0 saturated carbocycles. The summed E-state index contributed by atoms with van der Waals surface area (Å²) in [6.45, 7) is 0. The average molecular weight is 451 g/mol. The molecule has 2 N–H and O–H groups in total. The van der Waals surface area contributed by atoms with Crippen LogP contribution in [0.3, 0.4) is 0 Å². The van der Waals surface area contributed by atoms with Crippen LogP contribution in [0.1, 0.15) is 16.1 Å². The number of aromatic amines is 1. The molecule has 2 heterocycles. The van der Waals surface area contributed by atoms with Crippen molar-refractivity contribution in [2.45, 2.75) is 6.18 Å². The number of aromatic nitrogens is 3. The van der Waals surface area contributed by atoms with E-state index >= 15 is 0 Å². The van der Waals surface area contributed by atoms with E-state index in [0.29, 0.717) is 15.4 Å². The van der Waals surface area contributed by atoms with Gasteiger partial charge in [-0.25, -0.2) is 4.98 Å². The number of imidazole rings is 1. The summed E-state index contributed by atoms with van der Waals surface area (Å²) in [5.74, 6) is -0.742. The van der Waals surface area contributed by atoms with Crippen molar-refractivity contribution in [3.8, 4) is 0 Å². The molecule has 0 atom stereocenters. The van der Waals surface area contributed by atoms with E-state index in [2.05, 4.69) is 31.2 Å². The molecular weight excluding hydrogens is 441 g/mol. The lowest BCUT2D eigenvalue weighted by Gasteiger charge is -2.09. The summed E-state index contributed by atoms with van der Waals surface area (Å²) in [7, 11) is 0.